The highest BCUT2D eigenvalue weighted by atomic mass is 19.4. The highest BCUT2D eigenvalue weighted by Gasteiger charge is 2.43. The Morgan fingerprint density at radius 1 is 0.947 bits per heavy atom. The molecule has 2 aromatic rings. The van der Waals surface area contributed by atoms with Crippen LogP contribution in [-0.4, -0.2) is 45.3 Å². The maximum atomic E-state index is 14.2. The minimum absolute atomic E-state index is 0.0393. The zero-order valence-electron chi connectivity index (χ0n) is 20.7. The van der Waals surface area contributed by atoms with E-state index in [1.54, 1.807) is 6.07 Å². The van der Waals surface area contributed by atoms with Crippen LogP contribution in [0.15, 0.2) is 24.3 Å². The lowest BCUT2D eigenvalue weighted by molar-refractivity contribution is -0.185. The van der Waals surface area contributed by atoms with Crippen LogP contribution in [0.5, 0.6) is 5.75 Å². The normalized spacial score (nSPS) is 28.8. The van der Waals surface area contributed by atoms with Crippen LogP contribution in [0.2, 0.25) is 0 Å². The molecular weight excluding hydrogens is 514 g/mol. The molecule has 208 valence electrons. The molecule has 11 heteroatoms. The van der Waals surface area contributed by atoms with Crippen molar-refractivity contribution in [2.75, 3.05) is 0 Å². The van der Waals surface area contributed by atoms with E-state index in [4.69, 9.17) is 4.74 Å². The molecule has 3 fully saturated rings. The van der Waals surface area contributed by atoms with Gasteiger partial charge in [0, 0.05) is 24.0 Å². The Morgan fingerprint density at radius 3 is 2.18 bits per heavy atom. The van der Waals surface area contributed by atoms with E-state index in [2.05, 4.69) is 9.88 Å². The average Bonchev–Trinajstić information content (AvgIpc) is 2.82. The average molecular weight is 545 g/mol. The second-order valence-electron chi connectivity index (χ2n) is 10.9. The molecule has 1 aliphatic carbocycles. The summed E-state index contributed by atoms with van der Waals surface area (Å²) in [5.41, 5.74) is -0.199. The van der Waals surface area contributed by atoms with E-state index in [9.17, 15) is 36.2 Å². The van der Waals surface area contributed by atoms with Crippen LogP contribution < -0.4 is 4.74 Å². The minimum Gasteiger partial charge on any atom is -0.490 e. The largest absolute Gasteiger partial charge is 0.490 e. The summed E-state index contributed by atoms with van der Waals surface area (Å²) in [6, 6.07) is 5.83. The minimum atomic E-state index is -4.74. The molecule has 2 bridgehead atoms. The molecule has 2 saturated heterocycles. The summed E-state index contributed by atoms with van der Waals surface area (Å²) in [6.45, 7) is 0.430. The SMILES string of the molecule is O=C(O)C1CC2CCCC(C1)N2Cc1ccc2c(C(F)(F)F)c(O[C@H]3CC[C@@H](C(F)(F)F)CC3)ccc2n1. The number of carboxylic acid groups (broad SMARTS) is 1. The summed E-state index contributed by atoms with van der Waals surface area (Å²) >= 11 is 0. The highest BCUT2D eigenvalue weighted by Crippen LogP contribution is 2.44. The summed E-state index contributed by atoms with van der Waals surface area (Å²) in [6.07, 6.45) is -6.10. The summed E-state index contributed by atoms with van der Waals surface area (Å²) < 4.78 is 87.0. The van der Waals surface area contributed by atoms with E-state index in [-0.39, 0.29) is 60.3 Å². The molecule has 1 aromatic heterocycles. The van der Waals surface area contributed by atoms with Crippen LogP contribution in [0.1, 0.15) is 69.0 Å². The van der Waals surface area contributed by atoms with Crippen LogP contribution in [0.4, 0.5) is 26.3 Å². The lowest BCUT2D eigenvalue weighted by atomic mass is 9.78. The Kier molecular flexibility index (Phi) is 7.26. The molecule has 1 N–H and O–H groups in total. The molecule has 1 aromatic carbocycles. The van der Waals surface area contributed by atoms with E-state index >= 15 is 0 Å². The van der Waals surface area contributed by atoms with Gasteiger partial charge in [-0.2, -0.15) is 26.3 Å². The van der Waals surface area contributed by atoms with Gasteiger partial charge in [0.05, 0.1) is 29.2 Å². The molecule has 2 atom stereocenters. The predicted octanol–water partition coefficient (Wildman–Crippen LogP) is 6.97. The van der Waals surface area contributed by atoms with Crippen molar-refractivity contribution in [3.63, 3.8) is 0 Å². The van der Waals surface area contributed by atoms with E-state index < -0.39 is 35.9 Å². The van der Waals surface area contributed by atoms with Gasteiger partial charge in [-0.05, 0) is 69.6 Å². The third-order valence-corrected chi connectivity index (χ3v) is 8.42. The third-order valence-electron chi connectivity index (χ3n) is 8.42. The molecule has 5 nitrogen and oxygen atoms in total. The topological polar surface area (TPSA) is 62.7 Å². The Balaban J connectivity index is 1.36. The number of halogens is 6. The quantitative estimate of drug-likeness (QED) is 0.412. The second-order valence-corrected chi connectivity index (χ2v) is 10.9. The van der Waals surface area contributed by atoms with Crippen molar-refractivity contribution in [1.29, 1.82) is 0 Å². The zero-order valence-corrected chi connectivity index (χ0v) is 20.7. The molecule has 2 unspecified atom stereocenters. The number of hydrogen-bond donors (Lipinski definition) is 1. The number of carboxylic acids is 1. The van der Waals surface area contributed by atoms with Crippen LogP contribution in [-0.2, 0) is 17.5 Å². The zero-order chi connectivity index (χ0) is 27.2. The van der Waals surface area contributed by atoms with Crippen molar-refractivity contribution < 1.29 is 41.0 Å². The number of rotatable bonds is 5. The Bertz CT molecular complexity index is 1160. The molecule has 0 spiro atoms. The number of nitrogens with zero attached hydrogens (tertiary/aromatic N) is 2. The van der Waals surface area contributed by atoms with Gasteiger partial charge in [0.2, 0.25) is 0 Å². The Hall–Kier alpha value is -2.56. The number of piperidine rings is 2. The van der Waals surface area contributed by atoms with Gasteiger partial charge in [0.1, 0.15) is 11.3 Å². The first-order valence-electron chi connectivity index (χ1n) is 13.1. The van der Waals surface area contributed by atoms with E-state index in [1.807, 2.05) is 0 Å². The third kappa shape index (κ3) is 5.58. The van der Waals surface area contributed by atoms with Crippen LogP contribution in [0.3, 0.4) is 0 Å². The van der Waals surface area contributed by atoms with E-state index in [0.29, 0.717) is 25.1 Å². The maximum Gasteiger partial charge on any atom is 0.420 e. The summed E-state index contributed by atoms with van der Waals surface area (Å²) in [5.74, 6) is -2.99. The molecule has 3 heterocycles. The number of benzene rings is 1. The Labute approximate surface area is 216 Å². The molecular formula is C27H30F6N2O3. The lowest BCUT2D eigenvalue weighted by Crippen LogP contribution is -2.52. The fraction of sp³-hybridized carbons (Fsp3) is 0.630. The van der Waals surface area contributed by atoms with E-state index in [0.717, 1.165) is 19.3 Å². The van der Waals surface area contributed by atoms with Crippen molar-refractivity contribution in [2.45, 2.75) is 94.9 Å². The van der Waals surface area contributed by atoms with Crippen molar-refractivity contribution in [3.05, 3.63) is 35.5 Å². The Morgan fingerprint density at radius 2 is 1.61 bits per heavy atom. The molecule has 3 aliphatic rings. The smallest absolute Gasteiger partial charge is 0.420 e. The molecule has 2 aliphatic heterocycles. The summed E-state index contributed by atoms with van der Waals surface area (Å²) in [4.78, 5) is 18.3. The van der Waals surface area contributed by atoms with Crippen LogP contribution in [0.25, 0.3) is 10.9 Å². The molecule has 38 heavy (non-hydrogen) atoms. The van der Waals surface area contributed by atoms with Gasteiger partial charge < -0.3 is 9.84 Å². The summed E-state index contributed by atoms with van der Waals surface area (Å²) in [7, 11) is 0. The van der Waals surface area contributed by atoms with Gasteiger partial charge in [-0.15, -0.1) is 0 Å². The predicted molar refractivity (Wildman–Crippen MR) is 127 cm³/mol. The van der Waals surface area contributed by atoms with Gasteiger partial charge in [-0.25, -0.2) is 0 Å². The van der Waals surface area contributed by atoms with Crippen LogP contribution >= 0.6 is 0 Å². The lowest BCUT2D eigenvalue weighted by Gasteiger charge is -2.48. The number of hydrogen-bond acceptors (Lipinski definition) is 4. The van der Waals surface area contributed by atoms with Gasteiger partial charge in [0.15, 0.2) is 0 Å². The monoisotopic (exact) mass is 544 g/mol. The first-order valence-corrected chi connectivity index (χ1v) is 13.1. The van der Waals surface area contributed by atoms with Crippen LogP contribution in [0, 0.1) is 11.8 Å². The summed E-state index contributed by atoms with van der Waals surface area (Å²) in [5, 5.41) is 9.35. The van der Waals surface area contributed by atoms with E-state index in [1.165, 1.54) is 18.2 Å². The van der Waals surface area contributed by atoms with Gasteiger partial charge in [-0.1, -0.05) is 12.5 Å². The molecule has 0 amide bonds. The number of fused-ring (bicyclic) bond motifs is 3. The number of pyridine rings is 1. The number of carbonyl (C=O) groups is 1. The van der Waals surface area contributed by atoms with Gasteiger partial charge >= 0.3 is 18.3 Å². The highest BCUT2D eigenvalue weighted by molar-refractivity contribution is 5.85. The fourth-order valence-electron chi connectivity index (χ4n) is 6.52. The van der Waals surface area contributed by atoms with Crippen molar-refractivity contribution in [3.8, 4) is 5.75 Å². The number of aliphatic carboxylic acids is 1. The van der Waals surface area contributed by atoms with Gasteiger partial charge in [0.25, 0.3) is 0 Å². The first kappa shape index (κ1) is 27.0. The fourth-order valence-corrected chi connectivity index (χ4v) is 6.52. The molecule has 5 rings (SSSR count). The number of ether oxygens (including phenoxy) is 1. The first-order chi connectivity index (χ1) is 17.9. The second kappa shape index (κ2) is 10.2. The van der Waals surface area contributed by atoms with Crippen molar-refractivity contribution in [1.82, 2.24) is 9.88 Å². The van der Waals surface area contributed by atoms with Gasteiger partial charge in [-0.3, -0.25) is 14.7 Å². The van der Waals surface area contributed by atoms with Crippen molar-refractivity contribution in [2.24, 2.45) is 11.8 Å². The standard InChI is InChI=1S/C27H30F6N2O3/c28-26(29,30)16-4-7-20(8-5-16)38-23-11-10-22-21(24(23)27(31,32)33)9-6-17(34-22)14-35-18-2-1-3-19(35)13-15(12-18)25(36)37/h6,9-11,15-16,18-20H,1-5,7-8,12-14H2,(H,36,37)/t15?,16-,18?,19?,20+. The van der Waals surface area contributed by atoms with Crippen molar-refractivity contribution >= 4 is 16.9 Å². The number of alkyl halides is 6. The molecule has 1 saturated carbocycles. The molecule has 0 radical (unpaired) electrons. The number of aromatic nitrogens is 1. The maximum absolute atomic E-state index is 14.2.